The number of aromatic amines is 1. The molecule has 0 saturated heterocycles. The van der Waals surface area contributed by atoms with Crippen molar-refractivity contribution in [3.63, 3.8) is 0 Å². The number of hydrogen-bond acceptors (Lipinski definition) is 2. The lowest BCUT2D eigenvalue weighted by atomic mass is 10.3. The van der Waals surface area contributed by atoms with Crippen LogP contribution in [0.1, 0.15) is 0 Å². The summed E-state index contributed by atoms with van der Waals surface area (Å²) in [5.41, 5.74) is 6.53. The van der Waals surface area contributed by atoms with E-state index < -0.39 is 0 Å². The number of fused-ring (bicyclic) bond motifs is 1. The van der Waals surface area contributed by atoms with E-state index in [0.717, 1.165) is 10.9 Å². The molecule has 1 radical (unpaired) electrons. The lowest BCUT2D eigenvalue weighted by molar-refractivity contribution is 1.36. The molecule has 2 aromatic heterocycles. The molecule has 0 aliphatic carbocycles. The monoisotopic (exact) mass is 132 g/mol. The van der Waals surface area contributed by atoms with Crippen molar-refractivity contribution in [2.45, 2.75) is 0 Å². The Bertz CT molecular complexity index is 350. The number of aromatic nitrogens is 2. The molecule has 0 bridgehead atoms. The molecule has 49 valence electrons. The van der Waals surface area contributed by atoms with Crippen LogP contribution in [0.4, 0.5) is 5.82 Å². The van der Waals surface area contributed by atoms with Gasteiger partial charge in [-0.2, -0.15) is 0 Å². The predicted octanol–water partition coefficient (Wildman–Crippen LogP) is 0.945. The van der Waals surface area contributed by atoms with Crippen LogP contribution in [0.2, 0.25) is 0 Å². The number of nitrogens with one attached hydrogen (secondary N) is 1. The molecule has 0 atom stereocenters. The van der Waals surface area contributed by atoms with Gasteiger partial charge < -0.3 is 10.7 Å². The van der Waals surface area contributed by atoms with Gasteiger partial charge in [0.25, 0.3) is 0 Å². The van der Waals surface area contributed by atoms with E-state index in [1.165, 1.54) is 0 Å². The summed E-state index contributed by atoms with van der Waals surface area (Å²) in [6, 6.07) is 3.65. The van der Waals surface area contributed by atoms with Crippen molar-refractivity contribution in [3.05, 3.63) is 24.5 Å². The van der Waals surface area contributed by atoms with Gasteiger partial charge in [-0.25, -0.2) is 4.98 Å². The molecule has 0 amide bonds. The maximum Gasteiger partial charge on any atom is 0.132 e. The summed E-state index contributed by atoms with van der Waals surface area (Å²) in [4.78, 5) is 6.83. The Morgan fingerprint density at radius 1 is 1.60 bits per heavy atom. The summed E-state index contributed by atoms with van der Waals surface area (Å²) in [5, 5.41) is 0.933. The Labute approximate surface area is 57.9 Å². The highest BCUT2D eigenvalue weighted by atomic mass is 14.8. The maximum atomic E-state index is 5.55. The van der Waals surface area contributed by atoms with Gasteiger partial charge >= 0.3 is 0 Å². The van der Waals surface area contributed by atoms with Crippen molar-refractivity contribution in [2.24, 2.45) is 0 Å². The maximum absolute atomic E-state index is 5.55. The average Bonchev–Trinajstić information content (AvgIpc) is 2.36. The van der Waals surface area contributed by atoms with E-state index in [2.05, 4.69) is 16.2 Å². The van der Waals surface area contributed by atoms with Gasteiger partial charge in [-0.1, -0.05) is 0 Å². The standard InChI is InChI=1S/C7H6N3/c8-7-5-1-3-9-6(5)2-4-10-7/h1-2,4,9H,(H2,8,10). The first-order valence-corrected chi connectivity index (χ1v) is 2.97. The third-order valence-corrected chi connectivity index (χ3v) is 1.44. The molecular formula is C7H6N3. The summed E-state index contributed by atoms with van der Waals surface area (Å²) in [6.07, 6.45) is 4.50. The van der Waals surface area contributed by atoms with Gasteiger partial charge in [0.15, 0.2) is 0 Å². The zero-order valence-electron chi connectivity index (χ0n) is 5.26. The van der Waals surface area contributed by atoms with Crippen molar-refractivity contribution in [2.75, 3.05) is 5.73 Å². The van der Waals surface area contributed by atoms with E-state index in [9.17, 15) is 0 Å². The lowest BCUT2D eigenvalue weighted by Crippen LogP contribution is -1.88. The molecule has 10 heavy (non-hydrogen) atoms. The number of H-pyrrole nitrogens is 1. The van der Waals surface area contributed by atoms with Crippen LogP contribution in [0.3, 0.4) is 0 Å². The van der Waals surface area contributed by atoms with E-state index in [0.29, 0.717) is 5.82 Å². The number of hydrogen-bond donors (Lipinski definition) is 2. The Hall–Kier alpha value is -1.51. The summed E-state index contributed by atoms with van der Waals surface area (Å²) in [6.45, 7) is 0. The van der Waals surface area contributed by atoms with Gasteiger partial charge in [0.1, 0.15) is 5.82 Å². The largest absolute Gasteiger partial charge is 0.383 e. The first-order valence-electron chi connectivity index (χ1n) is 2.97. The second-order valence-corrected chi connectivity index (χ2v) is 2.07. The first kappa shape index (κ1) is 5.29. The fourth-order valence-corrected chi connectivity index (χ4v) is 0.936. The fraction of sp³-hybridized carbons (Fsp3) is 0. The van der Waals surface area contributed by atoms with Gasteiger partial charge in [0.05, 0.1) is 11.7 Å². The molecule has 2 heterocycles. The minimum atomic E-state index is 0.551. The van der Waals surface area contributed by atoms with Crippen LogP contribution >= 0.6 is 0 Å². The summed E-state index contributed by atoms with van der Waals surface area (Å²) >= 11 is 0. The van der Waals surface area contributed by atoms with Crippen LogP contribution in [0.5, 0.6) is 0 Å². The van der Waals surface area contributed by atoms with Crippen LogP contribution < -0.4 is 5.73 Å². The first-order chi connectivity index (χ1) is 4.88. The number of rotatable bonds is 0. The summed E-state index contributed by atoms with van der Waals surface area (Å²) < 4.78 is 0. The van der Waals surface area contributed by atoms with Crippen molar-refractivity contribution >= 4 is 16.7 Å². The van der Waals surface area contributed by atoms with E-state index in [1.54, 1.807) is 12.3 Å². The van der Waals surface area contributed by atoms with Gasteiger partial charge in [0, 0.05) is 11.6 Å². The molecule has 0 aliphatic rings. The molecule has 0 aromatic carbocycles. The minimum absolute atomic E-state index is 0.551. The van der Waals surface area contributed by atoms with Crippen LogP contribution in [-0.4, -0.2) is 9.97 Å². The molecule has 3 nitrogen and oxygen atoms in total. The summed E-state index contributed by atoms with van der Waals surface area (Å²) in [7, 11) is 0. The molecule has 0 saturated carbocycles. The topological polar surface area (TPSA) is 54.7 Å². The van der Waals surface area contributed by atoms with Gasteiger partial charge in [-0.15, -0.1) is 0 Å². The second-order valence-electron chi connectivity index (χ2n) is 2.07. The highest BCUT2D eigenvalue weighted by Gasteiger charge is 1.96. The fourth-order valence-electron chi connectivity index (χ4n) is 0.936. The van der Waals surface area contributed by atoms with Crippen molar-refractivity contribution in [1.82, 2.24) is 9.97 Å². The number of nitrogen functional groups attached to an aromatic ring is 1. The third-order valence-electron chi connectivity index (χ3n) is 1.44. The lowest BCUT2D eigenvalue weighted by Gasteiger charge is -1.91. The van der Waals surface area contributed by atoms with Gasteiger partial charge in [-0.3, -0.25) is 0 Å². The van der Waals surface area contributed by atoms with Crippen LogP contribution in [-0.2, 0) is 0 Å². The highest BCUT2D eigenvalue weighted by molar-refractivity contribution is 5.87. The molecule has 0 spiro atoms. The summed E-state index contributed by atoms with van der Waals surface area (Å²) in [5.74, 6) is 0.551. The van der Waals surface area contributed by atoms with Crippen LogP contribution in [0.25, 0.3) is 10.9 Å². The van der Waals surface area contributed by atoms with Crippen LogP contribution in [0.15, 0.2) is 18.3 Å². The Balaban J connectivity index is 2.95. The van der Waals surface area contributed by atoms with Crippen molar-refractivity contribution in [3.8, 4) is 0 Å². The minimum Gasteiger partial charge on any atom is -0.383 e. The number of anilines is 1. The second kappa shape index (κ2) is 1.73. The van der Waals surface area contributed by atoms with Gasteiger partial charge in [-0.05, 0) is 12.1 Å². The molecule has 3 N–H and O–H groups in total. The zero-order valence-corrected chi connectivity index (χ0v) is 5.26. The molecule has 0 fully saturated rings. The molecular weight excluding hydrogens is 126 g/mol. The number of pyridine rings is 1. The Morgan fingerprint density at radius 3 is 3.30 bits per heavy atom. The van der Waals surface area contributed by atoms with Crippen LogP contribution in [0, 0.1) is 6.20 Å². The Kier molecular flexibility index (Phi) is 0.917. The Morgan fingerprint density at radius 2 is 2.50 bits per heavy atom. The van der Waals surface area contributed by atoms with Gasteiger partial charge in [0.2, 0.25) is 0 Å². The van der Waals surface area contributed by atoms with E-state index in [4.69, 9.17) is 5.73 Å². The van der Waals surface area contributed by atoms with Crippen molar-refractivity contribution in [1.29, 1.82) is 0 Å². The van der Waals surface area contributed by atoms with E-state index in [1.807, 2.05) is 6.07 Å². The average molecular weight is 132 g/mol. The molecule has 2 aromatic rings. The normalized spacial score (nSPS) is 10.4. The third kappa shape index (κ3) is 0.572. The van der Waals surface area contributed by atoms with E-state index >= 15 is 0 Å². The SMILES string of the molecule is Nc1nccc2[nH][c]cc12. The number of nitrogens with two attached hydrogens (primary N) is 1. The zero-order chi connectivity index (χ0) is 6.97. The molecule has 2 rings (SSSR count). The molecule has 3 heteroatoms. The van der Waals surface area contributed by atoms with Crippen molar-refractivity contribution < 1.29 is 0 Å². The predicted molar refractivity (Wildman–Crippen MR) is 39.3 cm³/mol. The number of nitrogens with zero attached hydrogens (tertiary/aromatic N) is 1. The molecule has 0 unspecified atom stereocenters. The smallest absolute Gasteiger partial charge is 0.132 e. The highest BCUT2D eigenvalue weighted by Crippen LogP contribution is 2.15. The quantitative estimate of drug-likeness (QED) is 0.560. The molecule has 0 aliphatic heterocycles. The van der Waals surface area contributed by atoms with E-state index in [-0.39, 0.29) is 0 Å².